The van der Waals surface area contributed by atoms with Crippen molar-refractivity contribution in [3.05, 3.63) is 29.8 Å². The summed E-state index contributed by atoms with van der Waals surface area (Å²) in [5, 5.41) is 5.60. The number of amides is 2. The molecule has 0 unspecified atom stereocenters. The standard InChI is InChI=1S/C17H22N2O3/c1-3-4-11-18-15(21)17(9-10-17)16(22)19-14-7-5-13(6-8-14)12(2)20/h5-8H,3-4,9-11H2,1-2H3,(H,18,21)(H,19,22). The first kappa shape index (κ1) is 16.2. The predicted octanol–water partition coefficient (Wildman–Crippen LogP) is 2.52. The molecule has 22 heavy (non-hydrogen) atoms. The molecule has 0 aromatic heterocycles. The van der Waals surface area contributed by atoms with Crippen LogP contribution in [0.1, 0.15) is 49.9 Å². The monoisotopic (exact) mass is 302 g/mol. The summed E-state index contributed by atoms with van der Waals surface area (Å²) in [5.74, 6) is -0.470. The van der Waals surface area contributed by atoms with Crippen LogP contribution in [0.3, 0.4) is 0 Å². The van der Waals surface area contributed by atoms with Gasteiger partial charge in [0.2, 0.25) is 11.8 Å². The number of carbonyl (C=O) groups excluding carboxylic acids is 3. The molecule has 2 amide bonds. The van der Waals surface area contributed by atoms with E-state index in [2.05, 4.69) is 17.6 Å². The fourth-order valence-electron chi connectivity index (χ4n) is 2.27. The molecule has 0 atom stereocenters. The van der Waals surface area contributed by atoms with Gasteiger partial charge in [-0.2, -0.15) is 0 Å². The molecular weight excluding hydrogens is 280 g/mol. The summed E-state index contributed by atoms with van der Waals surface area (Å²) in [7, 11) is 0. The highest BCUT2D eigenvalue weighted by molar-refractivity contribution is 6.13. The maximum Gasteiger partial charge on any atom is 0.240 e. The van der Waals surface area contributed by atoms with Gasteiger partial charge >= 0.3 is 0 Å². The quantitative estimate of drug-likeness (QED) is 0.462. The van der Waals surface area contributed by atoms with Crippen LogP contribution in [0.5, 0.6) is 0 Å². The van der Waals surface area contributed by atoms with Gasteiger partial charge in [-0.05, 0) is 50.5 Å². The molecule has 5 heteroatoms. The fraction of sp³-hybridized carbons (Fsp3) is 0.471. The normalized spacial score (nSPS) is 15.0. The zero-order valence-electron chi connectivity index (χ0n) is 13.1. The third-order valence-corrected chi connectivity index (χ3v) is 3.98. The van der Waals surface area contributed by atoms with Crippen molar-refractivity contribution in [3.63, 3.8) is 0 Å². The van der Waals surface area contributed by atoms with Crippen LogP contribution in [-0.2, 0) is 9.59 Å². The smallest absolute Gasteiger partial charge is 0.240 e. The highest BCUT2D eigenvalue weighted by Gasteiger charge is 2.56. The molecule has 5 nitrogen and oxygen atoms in total. The van der Waals surface area contributed by atoms with Gasteiger partial charge in [0.1, 0.15) is 5.41 Å². The number of Topliss-reactive ketones (excluding diaryl/α,β-unsaturated/α-hetero) is 1. The Morgan fingerprint density at radius 2 is 1.73 bits per heavy atom. The van der Waals surface area contributed by atoms with E-state index in [0.29, 0.717) is 30.6 Å². The first-order valence-electron chi connectivity index (χ1n) is 7.70. The Labute approximate surface area is 130 Å². The summed E-state index contributed by atoms with van der Waals surface area (Å²) >= 11 is 0. The zero-order valence-corrected chi connectivity index (χ0v) is 13.1. The Balaban J connectivity index is 1.96. The molecule has 0 heterocycles. The first-order valence-corrected chi connectivity index (χ1v) is 7.70. The van der Waals surface area contributed by atoms with Crippen molar-refractivity contribution in [2.24, 2.45) is 5.41 Å². The van der Waals surface area contributed by atoms with Crippen LogP contribution < -0.4 is 10.6 Å². The fourth-order valence-corrected chi connectivity index (χ4v) is 2.27. The van der Waals surface area contributed by atoms with Crippen LogP contribution in [-0.4, -0.2) is 24.1 Å². The van der Waals surface area contributed by atoms with Gasteiger partial charge in [-0.3, -0.25) is 14.4 Å². The first-order chi connectivity index (χ1) is 10.5. The lowest BCUT2D eigenvalue weighted by atomic mass is 10.0. The lowest BCUT2D eigenvalue weighted by Crippen LogP contribution is -2.40. The number of carbonyl (C=O) groups is 3. The molecule has 0 aliphatic heterocycles. The molecule has 1 saturated carbocycles. The minimum Gasteiger partial charge on any atom is -0.355 e. The minimum atomic E-state index is -0.910. The topological polar surface area (TPSA) is 75.3 Å². The van der Waals surface area contributed by atoms with E-state index in [1.807, 2.05) is 0 Å². The molecule has 1 aliphatic carbocycles. The molecule has 2 N–H and O–H groups in total. The maximum absolute atomic E-state index is 12.4. The van der Waals surface area contributed by atoms with Crippen molar-refractivity contribution in [1.82, 2.24) is 5.32 Å². The SMILES string of the molecule is CCCCNC(=O)C1(C(=O)Nc2ccc(C(C)=O)cc2)CC1. The average molecular weight is 302 g/mol. The molecule has 0 bridgehead atoms. The molecule has 0 radical (unpaired) electrons. The second kappa shape index (κ2) is 6.73. The van der Waals surface area contributed by atoms with Crippen LogP contribution >= 0.6 is 0 Å². The molecule has 0 saturated heterocycles. The van der Waals surface area contributed by atoms with Gasteiger partial charge < -0.3 is 10.6 Å². The average Bonchev–Trinajstić information content (AvgIpc) is 3.29. The molecular formula is C17H22N2O3. The molecule has 0 spiro atoms. The van der Waals surface area contributed by atoms with E-state index in [1.54, 1.807) is 24.3 Å². The van der Waals surface area contributed by atoms with Gasteiger partial charge in [0.05, 0.1) is 0 Å². The Morgan fingerprint density at radius 3 is 2.23 bits per heavy atom. The van der Waals surface area contributed by atoms with Gasteiger partial charge in [-0.15, -0.1) is 0 Å². The largest absolute Gasteiger partial charge is 0.355 e. The maximum atomic E-state index is 12.4. The highest BCUT2D eigenvalue weighted by atomic mass is 16.2. The summed E-state index contributed by atoms with van der Waals surface area (Å²) in [6.07, 6.45) is 3.09. The van der Waals surface area contributed by atoms with Gasteiger partial charge in [-0.25, -0.2) is 0 Å². The van der Waals surface area contributed by atoms with E-state index in [4.69, 9.17) is 0 Å². The Hall–Kier alpha value is -2.17. The Kier molecular flexibility index (Phi) is 4.96. The molecule has 118 valence electrons. The van der Waals surface area contributed by atoms with Gasteiger partial charge in [-0.1, -0.05) is 13.3 Å². The van der Waals surface area contributed by atoms with Crippen molar-refractivity contribution in [2.45, 2.75) is 39.5 Å². The molecule has 1 aromatic rings. The number of hydrogen-bond acceptors (Lipinski definition) is 3. The molecule has 1 aliphatic rings. The number of anilines is 1. The summed E-state index contributed by atoms with van der Waals surface area (Å²) < 4.78 is 0. The predicted molar refractivity (Wildman–Crippen MR) is 84.7 cm³/mol. The van der Waals surface area contributed by atoms with Crippen molar-refractivity contribution in [3.8, 4) is 0 Å². The van der Waals surface area contributed by atoms with E-state index >= 15 is 0 Å². The van der Waals surface area contributed by atoms with Crippen molar-refractivity contribution >= 4 is 23.3 Å². The number of benzene rings is 1. The van der Waals surface area contributed by atoms with Crippen molar-refractivity contribution < 1.29 is 14.4 Å². The molecule has 2 rings (SSSR count). The van der Waals surface area contributed by atoms with Crippen LogP contribution in [0, 0.1) is 5.41 Å². The molecule has 1 fully saturated rings. The summed E-state index contributed by atoms with van der Waals surface area (Å²) in [6, 6.07) is 6.69. The molecule has 1 aromatic carbocycles. The van der Waals surface area contributed by atoms with E-state index < -0.39 is 5.41 Å². The number of unbranched alkanes of at least 4 members (excludes halogenated alkanes) is 1. The van der Waals surface area contributed by atoms with Crippen LogP contribution in [0.4, 0.5) is 5.69 Å². The van der Waals surface area contributed by atoms with Gasteiger partial charge in [0.25, 0.3) is 0 Å². The zero-order chi connectivity index (χ0) is 16.2. The number of nitrogens with one attached hydrogen (secondary N) is 2. The Bertz CT molecular complexity index is 574. The van der Waals surface area contributed by atoms with Crippen LogP contribution in [0.25, 0.3) is 0 Å². The Morgan fingerprint density at radius 1 is 1.09 bits per heavy atom. The van der Waals surface area contributed by atoms with Crippen LogP contribution in [0.2, 0.25) is 0 Å². The van der Waals surface area contributed by atoms with Gasteiger partial charge in [0, 0.05) is 17.8 Å². The van der Waals surface area contributed by atoms with Crippen molar-refractivity contribution in [1.29, 1.82) is 0 Å². The summed E-state index contributed by atoms with van der Waals surface area (Å²) in [4.78, 5) is 35.7. The lowest BCUT2D eigenvalue weighted by molar-refractivity contribution is -0.134. The van der Waals surface area contributed by atoms with E-state index in [9.17, 15) is 14.4 Å². The lowest BCUT2D eigenvalue weighted by Gasteiger charge is -2.15. The van der Waals surface area contributed by atoms with Gasteiger partial charge in [0.15, 0.2) is 5.78 Å². The van der Waals surface area contributed by atoms with E-state index in [1.165, 1.54) is 6.92 Å². The minimum absolute atomic E-state index is 0.0214. The number of ketones is 1. The van der Waals surface area contributed by atoms with E-state index in [0.717, 1.165) is 12.8 Å². The summed E-state index contributed by atoms with van der Waals surface area (Å²) in [6.45, 7) is 4.15. The third kappa shape index (κ3) is 3.53. The second-order valence-electron chi connectivity index (χ2n) is 5.78. The van der Waals surface area contributed by atoms with Crippen LogP contribution in [0.15, 0.2) is 24.3 Å². The summed E-state index contributed by atoms with van der Waals surface area (Å²) in [5.41, 5.74) is 0.284. The van der Waals surface area contributed by atoms with Crippen molar-refractivity contribution in [2.75, 3.05) is 11.9 Å². The third-order valence-electron chi connectivity index (χ3n) is 3.98. The number of rotatable bonds is 7. The second-order valence-corrected chi connectivity index (χ2v) is 5.78. The number of hydrogen-bond donors (Lipinski definition) is 2. The highest BCUT2D eigenvalue weighted by Crippen LogP contribution is 2.46. The van der Waals surface area contributed by atoms with E-state index in [-0.39, 0.29) is 17.6 Å².